The molecular formula is C15H14ClFN2O2. The lowest BCUT2D eigenvalue weighted by molar-refractivity contribution is -0.116. The first-order valence-corrected chi connectivity index (χ1v) is 6.65. The van der Waals surface area contributed by atoms with Gasteiger partial charge >= 0.3 is 0 Å². The lowest BCUT2D eigenvalue weighted by atomic mass is 10.3. The van der Waals surface area contributed by atoms with E-state index in [9.17, 15) is 9.18 Å². The maximum absolute atomic E-state index is 13.1. The number of benzene rings is 2. The standard InChI is InChI=1S/C15H14ClFN2O2/c16-13-5-4-10(17)8-14(13)19-15(20)6-7-21-12-3-1-2-11(18)9-12/h1-5,8-9H,6-7,18H2,(H,19,20). The monoisotopic (exact) mass is 308 g/mol. The Labute approximate surface area is 126 Å². The molecule has 0 saturated heterocycles. The Balaban J connectivity index is 1.84. The fourth-order valence-electron chi connectivity index (χ4n) is 1.67. The third kappa shape index (κ3) is 4.65. The van der Waals surface area contributed by atoms with E-state index in [-0.39, 0.29) is 29.6 Å². The Morgan fingerprint density at radius 3 is 2.86 bits per heavy atom. The molecule has 0 aliphatic carbocycles. The Bertz CT molecular complexity index is 649. The molecule has 0 aliphatic heterocycles. The first kappa shape index (κ1) is 15.1. The molecule has 0 spiro atoms. The van der Waals surface area contributed by atoms with Crippen LogP contribution in [0.5, 0.6) is 5.75 Å². The number of halogens is 2. The Morgan fingerprint density at radius 2 is 2.10 bits per heavy atom. The first-order valence-electron chi connectivity index (χ1n) is 6.28. The Morgan fingerprint density at radius 1 is 1.29 bits per heavy atom. The highest BCUT2D eigenvalue weighted by Gasteiger charge is 2.07. The second-order valence-corrected chi connectivity index (χ2v) is 4.75. The summed E-state index contributed by atoms with van der Waals surface area (Å²) in [5.74, 6) is -0.191. The van der Waals surface area contributed by atoms with Crippen molar-refractivity contribution in [3.63, 3.8) is 0 Å². The highest BCUT2D eigenvalue weighted by Crippen LogP contribution is 2.22. The van der Waals surface area contributed by atoms with Gasteiger partial charge in [-0.25, -0.2) is 4.39 Å². The molecule has 2 aromatic carbocycles. The van der Waals surface area contributed by atoms with Crippen molar-refractivity contribution in [3.05, 3.63) is 53.3 Å². The molecule has 0 atom stereocenters. The van der Waals surface area contributed by atoms with Gasteiger partial charge in [-0.05, 0) is 30.3 Å². The maximum Gasteiger partial charge on any atom is 0.227 e. The number of carbonyl (C=O) groups excluding carboxylic acids is 1. The molecule has 1 amide bonds. The summed E-state index contributed by atoms with van der Waals surface area (Å²) in [7, 11) is 0. The largest absolute Gasteiger partial charge is 0.493 e. The predicted molar refractivity (Wildman–Crippen MR) is 81.0 cm³/mol. The van der Waals surface area contributed by atoms with Gasteiger partial charge in [0, 0.05) is 11.8 Å². The van der Waals surface area contributed by atoms with E-state index in [1.807, 2.05) is 0 Å². The van der Waals surface area contributed by atoms with Gasteiger partial charge in [-0.2, -0.15) is 0 Å². The van der Waals surface area contributed by atoms with Crippen molar-refractivity contribution in [2.45, 2.75) is 6.42 Å². The molecule has 2 aromatic rings. The highest BCUT2D eigenvalue weighted by atomic mass is 35.5. The van der Waals surface area contributed by atoms with Crippen molar-refractivity contribution in [3.8, 4) is 5.75 Å². The second-order valence-electron chi connectivity index (χ2n) is 4.34. The summed E-state index contributed by atoms with van der Waals surface area (Å²) in [6.07, 6.45) is 0.113. The quantitative estimate of drug-likeness (QED) is 0.831. The number of amides is 1. The van der Waals surface area contributed by atoms with E-state index in [1.54, 1.807) is 24.3 Å². The number of nitrogens with two attached hydrogens (primary N) is 1. The fraction of sp³-hybridized carbons (Fsp3) is 0.133. The minimum atomic E-state index is -0.467. The van der Waals surface area contributed by atoms with E-state index < -0.39 is 5.82 Å². The van der Waals surface area contributed by atoms with Crippen LogP contribution in [0.25, 0.3) is 0 Å². The Kier molecular flexibility index (Phi) is 5.00. The zero-order valence-corrected chi connectivity index (χ0v) is 11.9. The van der Waals surface area contributed by atoms with E-state index in [0.717, 1.165) is 0 Å². The van der Waals surface area contributed by atoms with Crippen molar-refractivity contribution in [2.75, 3.05) is 17.7 Å². The molecule has 0 saturated carbocycles. The fourth-order valence-corrected chi connectivity index (χ4v) is 1.84. The zero-order chi connectivity index (χ0) is 15.2. The van der Waals surface area contributed by atoms with Crippen LogP contribution in [0.2, 0.25) is 5.02 Å². The minimum absolute atomic E-state index is 0.113. The van der Waals surface area contributed by atoms with E-state index >= 15 is 0 Å². The third-order valence-electron chi connectivity index (χ3n) is 2.66. The number of carbonyl (C=O) groups is 1. The second kappa shape index (κ2) is 6.95. The average molecular weight is 309 g/mol. The molecule has 0 bridgehead atoms. The molecule has 0 fully saturated rings. The molecule has 2 rings (SSSR count). The van der Waals surface area contributed by atoms with Gasteiger partial charge in [-0.1, -0.05) is 17.7 Å². The molecule has 6 heteroatoms. The number of hydrogen-bond donors (Lipinski definition) is 2. The van der Waals surface area contributed by atoms with Crippen LogP contribution in [0, 0.1) is 5.82 Å². The average Bonchev–Trinajstić information content (AvgIpc) is 2.43. The normalized spacial score (nSPS) is 10.2. The predicted octanol–water partition coefficient (Wildman–Crippen LogP) is 3.47. The molecule has 110 valence electrons. The summed E-state index contributed by atoms with van der Waals surface area (Å²) in [5.41, 5.74) is 6.44. The first-order chi connectivity index (χ1) is 10.0. The smallest absolute Gasteiger partial charge is 0.227 e. The van der Waals surface area contributed by atoms with Crippen LogP contribution in [0.15, 0.2) is 42.5 Å². The van der Waals surface area contributed by atoms with Crippen LogP contribution in [-0.2, 0) is 4.79 Å². The maximum atomic E-state index is 13.1. The molecule has 3 N–H and O–H groups in total. The summed E-state index contributed by atoms with van der Waals surface area (Å²) in [5, 5.41) is 2.81. The number of ether oxygens (including phenoxy) is 1. The lowest BCUT2D eigenvalue weighted by Gasteiger charge is -2.09. The number of anilines is 2. The van der Waals surface area contributed by atoms with Crippen molar-refractivity contribution in [1.29, 1.82) is 0 Å². The van der Waals surface area contributed by atoms with E-state index in [4.69, 9.17) is 22.1 Å². The van der Waals surface area contributed by atoms with Gasteiger partial charge in [-0.3, -0.25) is 4.79 Å². The van der Waals surface area contributed by atoms with Crippen molar-refractivity contribution < 1.29 is 13.9 Å². The number of hydrogen-bond acceptors (Lipinski definition) is 3. The van der Waals surface area contributed by atoms with Gasteiger partial charge in [0.05, 0.1) is 23.7 Å². The van der Waals surface area contributed by atoms with Gasteiger partial charge in [0.1, 0.15) is 11.6 Å². The van der Waals surface area contributed by atoms with E-state index in [1.165, 1.54) is 18.2 Å². The molecule has 0 unspecified atom stereocenters. The SMILES string of the molecule is Nc1cccc(OCCC(=O)Nc2cc(F)ccc2Cl)c1. The van der Waals surface area contributed by atoms with Crippen LogP contribution in [0.4, 0.5) is 15.8 Å². The summed E-state index contributed by atoms with van der Waals surface area (Å²) >= 11 is 5.86. The topological polar surface area (TPSA) is 64.3 Å². The molecule has 21 heavy (non-hydrogen) atoms. The van der Waals surface area contributed by atoms with Gasteiger partial charge in [-0.15, -0.1) is 0 Å². The minimum Gasteiger partial charge on any atom is -0.493 e. The van der Waals surface area contributed by atoms with Gasteiger partial charge in [0.2, 0.25) is 5.91 Å². The van der Waals surface area contributed by atoms with Crippen LogP contribution >= 0.6 is 11.6 Å². The molecule has 0 radical (unpaired) electrons. The lowest BCUT2D eigenvalue weighted by Crippen LogP contribution is -2.15. The van der Waals surface area contributed by atoms with Crippen LogP contribution < -0.4 is 15.8 Å². The molecule has 0 aliphatic rings. The zero-order valence-electron chi connectivity index (χ0n) is 11.1. The van der Waals surface area contributed by atoms with Crippen LogP contribution in [0.1, 0.15) is 6.42 Å². The third-order valence-corrected chi connectivity index (χ3v) is 2.99. The van der Waals surface area contributed by atoms with E-state index in [0.29, 0.717) is 11.4 Å². The van der Waals surface area contributed by atoms with Gasteiger partial charge in [0.15, 0.2) is 0 Å². The van der Waals surface area contributed by atoms with Crippen LogP contribution in [-0.4, -0.2) is 12.5 Å². The summed E-state index contributed by atoms with van der Waals surface area (Å²) in [4.78, 5) is 11.7. The van der Waals surface area contributed by atoms with Crippen molar-refractivity contribution in [2.24, 2.45) is 0 Å². The van der Waals surface area contributed by atoms with Gasteiger partial charge < -0.3 is 15.8 Å². The Hall–Kier alpha value is -2.27. The van der Waals surface area contributed by atoms with Crippen molar-refractivity contribution in [1.82, 2.24) is 0 Å². The molecule has 4 nitrogen and oxygen atoms in total. The summed E-state index contributed by atoms with van der Waals surface area (Å²) in [6.45, 7) is 0.183. The van der Waals surface area contributed by atoms with Crippen LogP contribution in [0.3, 0.4) is 0 Å². The molecule has 0 aromatic heterocycles. The molecular weight excluding hydrogens is 295 g/mol. The summed E-state index contributed by atoms with van der Waals surface area (Å²) in [6, 6.07) is 10.7. The van der Waals surface area contributed by atoms with E-state index in [2.05, 4.69) is 5.32 Å². The van der Waals surface area contributed by atoms with Crippen molar-refractivity contribution >= 4 is 28.9 Å². The summed E-state index contributed by atoms with van der Waals surface area (Å²) < 4.78 is 18.5. The number of nitrogen functional groups attached to an aromatic ring is 1. The number of nitrogens with one attached hydrogen (secondary N) is 1. The highest BCUT2D eigenvalue weighted by molar-refractivity contribution is 6.33. The molecule has 0 heterocycles. The number of rotatable bonds is 5. The van der Waals surface area contributed by atoms with Gasteiger partial charge in [0.25, 0.3) is 0 Å².